The monoisotopic (exact) mass is 692 g/mol. The largest absolute Gasteiger partial charge is 0.350 e. The molecule has 0 saturated carbocycles. The van der Waals surface area contributed by atoms with Crippen LogP contribution in [0.15, 0.2) is 212 Å². The summed E-state index contributed by atoms with van der Waals surface area (Å²) in [5.74, 6) is 1.07. The first-order chi connectivity index (χ1) is 26.8. The van der Waals surface area contributed by atoms with E-state index in [1.54, 1.807) is 0 Å². The van der Waals surface area contributed by atoms with Crippen LogP contribution in [-0.2, 0) is 0 Å². The van der Waals surface area contributed by atoms with Crippen molar-refractivity contribution in [3.05, 3.63) is 212 Å². The van der Waals surface area contributed by atoms with Crippen molar-refractivity contribution >= 4 is 56.5 Å². The maximum absolute atomic E-state index is 3.89. The maximum Gasteiger partial charge on any atom is 0.147 e. The molecule has 2 heterocycles. The molecule has 1 aliphatic rings. The standard InChI is InChI=1S/C50H36N4/c1-5-15-36(16-6-1)38-25-29-42(30-26-38)52(43-31-27-39(28-32-43)37-17-7-2-8-18-37)44-33-34-46-48(35-44)54(41-21-11-4-12-22-41)50-49(51-46)45-23-13-14-24-47(45)53(50)40-19-9-3-10-20-40/h1-35,51H. The first-order valence-corrected chi connectivity index (χ1v) is 18.4. The zero-order chi connectivity index (χ0) is 35.8. The van der Waals surface area contributed by atoms with Crippen LogP contribution in [0.25, 0.3) is 38.8 Å². The van der Waals surface area contributed by atoms with Gasteiger partial charge in [0.2, 0.25) is 0 Å². The molecule has 1 aliphatic heterocycles. The van der Waals surface area contributed by atoms with Crippen molar-refractivity contribution in [1.29, 1.82) is 0 Å². The van der Waals surface area contributed by atoms with Crippen LogP contribution >= 0.6 is 0 Å². The van der Waals surface area contributed by atoms with Crippen LogP contribution in [-0.4, -0.2) is 4.57 Å². The highest BCUT2D eigenvalue weighted by Gasteiger charge is 2.32. The zero-order valence-electron chi connectivity index (χ0n) is 29.5. The Morgan fingerprint density at radius 2 is 0.852 bits per heavy atom. The molecule has 0 fully saturated rings. The zero-order valence-corrected chi connectivity index (χ0v) is 29.5. The Balaban J connectivity index is 1.16. The first-order valence-electron chi connectivity index (χ1n) is 18.4. The minimum Gasteiger partial charge on any atom is -0.350 e. The number of fused-ring (bicyclic) bond motifs is 4. The van der Waals surface area contributed by atoms with E-state index in [9.17, 15) is 0 Å². The molecule has 4 nitrogen and oxygen atoms in total. The molecule has 0 spiro atoms. The summed E-state index contributed by atoms with van der Waals surface area (Å²) in [5, 5.41) is 5.06. The lowest BCUT2D eigenvalue weighted by molar-refractivity contribution is 1.07. The molecule has 0 aliphatic carbocycles. The van der Waals surface area contributed by atoms with E-state index >= 15 is 0 Å². The fourth-order valence-corrected chi connectivity index (χ4v) is 7.75. The summed E-state index contributed by atoms with van der Waals surface area (Å²) in [6.07, 6.45) is 0. The first kappa shape index (κ1) is 31.4. The summed E-state index contributed by atoms with van der Waals surface area (Å²) in [5.41, 5.74) is 14.5. The Morgan fingerprint density at radius 1 is 0.389 bits per heavy atom. The van der Waals surface area contributed by atoms with Crippen LogP contribution in [0.3, 0.4) is 0 Å². The molecule has 0 bridgehead atoms. The van der Waals surface area contributed by atoms with Gasteiger partial charge in [-0.1, -0.05) is 140 Å². The molecule has 0 saturated heterocycles. The highest BCUT2D eigenvalue weighted by Crippen LogP contribution is 2.54. The number of hydrogen-bond acceptors (Lipinski definition) is 3. The molecule has 1 aromatic heterocycles. The van der Waals surface area contributed by atoms with Crippen LogP contribution < -0.4 is 15.1 Å². The molecule has 0 radical (unpaired) electrons. The number of aromatic nitrogens is 1. The van der Waals surface area contributed by atoms with Crippen molar-refractivity contribution in [2.24, 2.45) is 0 Å². The smallest absolute Gasteiger partial charge is 0.147 e. The summed E-state index contributed by atoms with van der Waals surface area (Å²) in [6.45, 7) is 0. The number of nitrogens with zero attached hydrogens (tertiary/aromatic N) is 3. The van der Waals surface area contributed by atoms with Crippen molar-refractivity contribution in [3.8, 4) is 27.9 Å². The van der Waals surface area contributed by atoms with E-state index in [1.165, 1.54) is 27.6 Å². The van der Waals surface area contributed by atoms with Crippen molar-refractivity contribution in [2.75, 3.05) is 15.1 Å². The Bertz CT molecular complexity index is 2620. The van der Waals surface area contributed by atoms with E-state index in [0.29, 0.717) is 0 Å². The van der Waals surface area contributed by atoms with Crippen molar-refractivity contribution in [3.63, 3.8) is 0 Å². The minimum absolute atomic E-state index is 1.05. The lowest BCUT2D eigenvalue weighted by Crippen LogP contribution is -2.21. The highest BCUT2D eigenvalue weighted by atomic mass is 15.3. The lowest BCUT2D eigenvalue weighted by atomic mass is 10.0. The molecular formula is C50H36N4. The molecule has 0 amide bonds. The average Bonchev–Trinajstić information content (AvgIpc) is 3.58. The molecule has 4 heteroatoms. The summed E-state index contributed by atoms with van der Waals surface area (Å²) >= 11 is 0. The summed E-state index contributed by atoms with van der Waals surface area (Å²) < 4.78 is 2.38. The van der Waals surface area contributed by atoms with Crippen molar-refractivity contribution in [2.45, 2.75) is 0 Å². The van der Waals surface area contributed by atoms with Gasteiger partial charge in [0, 0.05) is 33.8 Å². The summed E-state index contributed by atoms with van der Waals surface area (Å²) in [6, 6.07) is 75.7. The number of rotatable bonds is 7. The molecule has 256 valence electrons. The fourth-order valence-electron chi connectivity index (χ4n) is 7.75. The van der Waals surface area contributed by atoms with Gasteiger partial charge in [-0.15, -0.1) is 0 Å². The van der Waals surface area contributed by atoms with E-state index < -0.39 is 0 Å². The van der Waals surface area contributed by atoms with E-state index in [0.717, 1.165) is 56.8 Å². The molecule has 0 atom stereocenters. The van der Waals surface area contributed by atoms with Gasteiger partial charge < -0.3 is 10.2 Å². The molecule has 1 N–H and O–H groups in total. The number of para-hydroxylation sites is 3. The van der Waals surface area contributed by atoms with Crippen molar-refractivity contribution < 1.29 is 0 Å². The molecule has 54 heavy (non-hydrogen) atoms. The third kappa shape index (κ3) is 5.49. The number of anilines is 8. The molecule has 8 aromatic carbocycles. The predicted molar refractivity (Wildman–Crippen MR) is 227 cm³/mol. The number of nitrogens with one attached hydrogen (secondary N) is 1. The number of benzene rings is 8. The van der Waals surface area contributed by atoms with Gasteiger partial charge in [0.05, 0.1) is 22.6 Å². The van der Waals surface area contributed by atoms with Gasteiger partial charge in [-0.25, -0.2) is 0 Å². The molecule has 0 unspecified atom stereocenters. The molecular weight excluding hydrogens is 657 g/mol. The van der Waals surface area contributed by atoms with E-state index in [4.69, 9.17) is 0 Å². The molecule has 10 rings (SSSR count). The van der Waals surface area contributed by atoms with E-state index in [1.807, 2.05) is 0 Å². The summed E-state index contributed by atoms with van der Waals surface area (Å²) in [4.78, 5) is 4.77. The molecule has 9 aromatic rings. The van der Waals surface area contributed by atoms with Gasteiger partial charge in [0.25, 0.3) is 0 Å². The SMILES string of the molecule is c1ccc(-c2ccc(N(c3ccc(-c4ccccc4)cc3)c3ccc4c(c3)N(c3ccccc3)c3c(c5ccccc5n3-c3ccccc3)N4)cc2)cc1. The summed E-state index contributed by atoms with van der Waals surface area (Å²) in [7, 11) is 0. The van der Waals surface area contributed by atoms with Crippen LogP contribution in [0.4, 0.5) is 45.6 Å². The third-order valence-corrected chi connectivity index (χ3v) is 10.3. The fraction of sp³-hybridized carbons (Fsp3) is 0. The van der Waals surface area contributed by atoms with Gasteiger partial charge in [-0.2, -0.15) is 0 Å². The third-order valence-electron chi connectivity index (χ3n) is 10.3. The Kier molecular flexibility index (Phi) is 7.77. The minimum atomic E-state index is 1.05. The topological polar surface area (TPSA) is 23.4 Å². The Hall–Kier alpha value is -7.30. The highest BCUT2D eigenvalue weighted by molar-refractivity contribution is 6.10. The second kappa shape index (κ2) is 13.4. The normalized spacial score (nSPS) is 11.8. The van der Waals surface area contributed by atoms with Crippen LogP contribution in [0, 0.1) is 0 Å². The maximum atomic E-state index is 3.89. The van der Waals surface area contributed by atoms with Gasteiger partial charge in [-0.05, 0) is 95.1 Å². The van der Waals surface area contributed by atoms with Gasteiger partial charge in [0.15, 0.2) is 0 Å². The Morgan fingerprint density at radius 3 is 1.43 bits per heavy atom. The second-order valence-corrected chi connectivity index (χ2v) is 13.5. The average molecular weight is 693 g/mol. The predicted octanol–water partition coefficient (Wildman–Crippen LogP) is 14.0. The van der Waals surface area contributed by atoms with Crippen LogP contribution in [0.2, 0.25) is 0 Å². The van der Waals surface area contributed by atoms with Gasteiger partial charge in [0.1, 0.15) is 5.82 Å². The van der Waals surface area contributed by atoms with Gasteiger partial charge in [-0.3, -0.25) is 9.47 Å². The van der Waals surface area contributed by atoms with Crippen LogP contribution in [0.1, 0.15) is 0 Å². The van der Waals surface area contributed by atoms with E-state index in [-0.39, 0.29) is 0 Å². The quantitative estimate of drug-likeness (QED) is 0.180. The van der Waals surface area contributed by atoms with Crippen LogP contribution in [0.5, 0.6) is 0 Å². The second-order valence-electron chi connectivity index (χ2n) is 13.5. The number of hydrogen-bond donors (Lipinski definition) is 1. The Labute approximate surface area is 315 Å². The van der Waals surface area contributed by atoms with Gasteiger partial charge >= 0.3 is 0 Å². The van der Waals surface area contributed by atoms with E-state index in [2.05, 4.69) is 232 Å². The lowest BCUT2D eigenvalue weighted by Gasteiger charge is -2.35. The van der Waals surface area contributed by atoms with Crippen molar-refractivity contribution in [1.82, 2.24) is 4.57 Å².